The molecule has 0 aromatic rings. The Morgan fingerprint density at radius 3 is 1.60 bits per heavy atom. The van der Waals surface area contributed by atoms with Crippen LogP contribution in [0.1, 0.15) is 13.8 Å². The third-order valence-electron chi connectivity index (χ3n) is 0.524. The van der Waals surface area contributed by atoms with E-state index in [0.29, 0.717) is 13.2 Å². The van der Waals surface area contributed by atoms with E-state index in [1.165, 1.54) is 0 Å². The molecule has 0 aliphatic heterocycles. The second kappa shape index (κ2) is 11.6. The molecule has 0 unspecified atom stereocenters. The molecule has 0 spiro atoms. The Morgan fingerprint density at radius 2 is 1.40 bits per heavy atom. The van der Waals surface area contributed by atoms with Crippen molar-refractivity contribution < 1.29 is 14.3 Å². The Labute approximate surface area is 72.9 Å². The van der Waals surface area contributed by atoms with Crippen LogP contribution in [0.2, 0.25) is 0 Å². The minimum Gasteiger partial charge on any atom is -0.435 e. The Bertz CT molecular complexity index is 69.3. The molecule has 0 aliphatic carbocycles. The van der Waals surface area contributed by atoms with Crippen molar-refractivity contribution in [2.75, 3.05) is 13.2 Å². The summed E-state index contributed by atoms with van der Waals surface area (Å²) in [6.45, 7) is 4.21. The summed E-state index contributed by atoms with van der Waals surface area (Å²) in [7, 11) is 0. The van der Waals surface area contributed by atoms with Crippen molar-refractivity contribution in [3.05, 3.63) is 0 Å². The second-order valence-corrected chi connectivity index (χ2v) is 1.12. The van der Waals surface area contributed by atoms with E-state index >= 15 is 0 Å². The first-order valence-electron chi connectivity index (χ1n) is 2.60. The van der Waals surface area contributed by atoms with Crippen LogP contribution in [0.5, 0.6) is 0 Å². The summed E-state index contributed by atoms with van der Waals surface area (Å²) in [5, 5.41) is 0. The normalized spacial score (nSPS) is 6.60. The van der Waals surface area contributed by atoms with Crippen molar-refractivity contribution in [3.8, 4) is 0 Å². The average molecular weight is 191 g/mol. The van der Waals surface area contributed by atoms with E-state index in [0.717, 1.165) is 0 Å². The van der Waals surface area contributed by atoms with E-state index < -0.39 is 6.16 Å². The lowest BCUT2D eigenvalue weighted by Crippen LogP contribution is -2.05. The predicted octanol–water partition coefficient (Wildman–Crippen LogP) is 2.02. The van der Waals surface area contributed by atoms with Gasteiger partial charge in [0.15, 0.2) is 0 Å². The maximum Gasteiger partial charge on any atom is 0.508 e. The van der Waals surface area contributed by atoms with E-state index in [4.69, 9.17) is 0 Å². The number of hydrogen-bond acceptors (Lipinski definition) is 3. The quantitative estimate of drug-likeness (QED) is 0.626. The number of halogens is 2. The van der Waals surface area contributed by atoms with E-state index in [1.807, 2.05) is 0 Å². The van der Waals surface area contributed by atoms with Gasteiger partial charge in [0, 0.05) is 0 Å². The molecule has 64 valence electrons. The smallest absolute Gasteiger partial charge is 0.435 e. The minimum atomic E-state index is -0.588. The van der Waals surface area contributed by atoms with Crippen molar-refractivity contribution in [3.63, 3.8) is 0 Å². The maximum absolute atomic E-state index is 10.2. The molecule has 0 radical (unpaired) electrons. The highest BCUT2D eigenvalue weighted by atomic mass is 35.5. The van der Waals surface area contributed by atoms with Crippen molar-refractivity contribution in [2.45, 2.75) is 13.8 Å². The molecule has 0 aliphatic rings. The van der Waals surface area contributed by atoms with Crippen molar-refractivity contribution >= 4 is 31.0 Å². The van der Waals surface area contributed by atoms with Crippen LogP contribution in [0.3, 0.4) is 0 Å². The van der Waals surface area contributed by atoms with Crippen molar-refractivity contribution in [2.24, 2.45) is 0 Å². The largest absolute Gasteiger partial charge is 0.508 e. The lowest BCUT2D eigenvalue weighted by atomic mass is 10.8. The molecular weight excluding hydrogens is 179 g/mol. The summed E-state index contributed by atoms with van der Waals surface area (Å²) < 4.78 is 8.84. The van der Waals surface area contributed by atoms with Crippen LogP contribution in [0.25, 0.3) is 0 Å². The van der Waals surface area contributed by atoms with Gasteiger partial charge in [-0.2, -0.15) is 0 Å². The van der Waals surface area contributed by atoms with Gasteiger partial charge in [-0.25, -0.2) is 4.79 Å². The van der Waals surface area contributed by atoms with Crippen LogP contribution in [-0.2, 0) is 9.47 Å². The Balaban J connectivity index is -0.000000245. The molecule has 0 bridgehead atoms. The van der Waals surface area contributed by atoms with Crippen LogP contribution < -0.4 is 0 Å². The Morgan fingerprint density at radius 1 is 1.10 bits per heavy atom. The highest BCUT2D eigenvalue weighted by Crippen LogP contribution is 1.81. The van der Waals surface area contributed by atoms with Gasteiger partial charge in [-0.3, -0.25) is 0 Å². The molecule has 10 heavy (non-hydrogen) atoms. The summed E-state index contributed by atoms with van der Waals surface area (Å²) in [5.41, 5.74) is 0. The molecule has 0 saturated carbocycles. The average Bonchev–Trinajstić information content (AvgIpc) is 1.68. The highest BCUT2D eigenvalue weighted by Gasteiger charge is 1.96. The SMILES string of the molecule is CCOC(=O)OCC.Cl.Cl. The molecule has 0 N–H and O–H groups in total. The molecule has 0 fully saturated rings. The van der Waals surface area contributed by atoms with Gasteiger partial charge in [0.1, 0.15) is 0 Å². The number of hydrogen-bond donors (Lipinski definition) is 0. The molecule has 0 atom stereocenters. The number of carbonyl (C=O) groups excluding carboxylic acids is 1. The first-order valence-corrected chi connectivity index (χ1v) is 2.60. The van der Waals surface area contributed by atoms with Gasteiger partial charge in [-0.1, -0.05) is 0 Å². The highest BCUT2D eigenvalue weighted by molar-refractivity contribution is 5.85. The summed E-state index contributed by atoms with van der Waals surface area (Å²) in [4.78, 5) is 10.2. The number of rotatable bonds is 2. The van der Waals surface area contributed by atoms with Crippen LogP contribution in [0.15, 0.2) is 0 Å². The third-order valence-corrected chi connectivity index (χ3v) is 0.524. The van der Waals surface area contributed by atoms with E-state index in [9.17, 15) is 4.79 Å². The summed E-state index contributed by atoms with van der Waals surface area (Å²) >= 11 is 0. The standard InChI is InChI=1S/C5H10O3.2ClH/c1-3-7-5(6)8-4-2;;/h3-4H2,1-2H3;2*1H. The first-order chi connectivity index (χ1) is 3.81. The van der Waals surface area contributed by atoms with Gasteiger partial charge in [-0.05, 0) is 13.8 Å². The summed E-state index contributed by atoms with van der Waals surface area (Å²) in [6.07, 6.45) is -0.588. The zero-order chi connectivity index (χ0) is 6.41. The van der Waals surface area contributed by atoms with Crippen LogP contribution in [0.4, 0.5) is 4.79 Å². The molecular formula is C5H12Cl2O3. The fourth-order valence-corrected chi connectivity index (χ4v) is 0.277. The van der Waals surface area contributed by atoms with Crippen molar-refractivity contribution in [1.82, 2.24) is 0 Å². The zero-order valence-corrected chi connectivity index (χ0v) is 7.59. The third kappa shape index (κ3) is 10.8. The molecule has 0 aromatic heterocycles. The molecule has 0 rings (SSSR count). The van der Waals surface area contributed by atoms with Gasteiger partial charge in [0.25, 0.3) is 0 Å². The Hall–Kier alpha value is -0.150. The molecule has 0 saturated heterocycles. The summed E-state index contributed by atoms with van der Waals surface area (Å²) in [5.74, 6) is 0. The van der Waals surface area contributed by atoms with E-state index in [1.54, 1.807) is 13.8 Å². The van der Waals surface area contributed by atoms with Crippen LogP contribution in [0, 0.1) is 0 Å². The van der Waals surface area contributed by atoms with Gasteiger partial charge >= 0.3 is 6.16 Å². The molecule has 5 heteroatoms. The predicted molar refractivity (Wildman–Crippen MR) is 43.1 cm³/mol. The lowest BCUT2D eigenvalue weighted by Gasteiger charge is -1.98. The molecule has 3 nitrogen and oxygen atoms in total. The van der Waals surface area contributed by atoms with Crippen molar-refractivity contribution in [1.29, 1.82) is 0 Å². The lowest BCUT2D eigenvalue weighted by molar-refractivity contribution is 0.0630. The maximum atomic E-state index is 10.2. The van der Waals surface area contributed by atoms with E-state index in [-0.39, 0.29) is 24.8 Å². The van der Waals surface area contributed by atoms with Crippen LogP contribution in [-0.4, -0.2) is 19.4 Å². The minimum absolute atomic E-state index is 0. The van der Waals surface area contributed by atoms with Gasteiger partial charge in [0.05, 0.1) is 13.2 Å². The van der Waals surface area contributed by atoms with Gasteiger partial charge < -0.3 is 9.47 Å². The molecule has 0 amide bonds. The zero-order valence-electron chi connectivity index (χ0n) is 5.96. The molecule has 0 heterocycles. The topological polar surface area (TPSA) is 35.5 Å². The van der Waals surface area contributed by atoms with Crippen LogP contribution >= 0.6 is 24.8 Å². The van der Waals surface area contributed by atoms with E-state index in [2.05, 4.69) is 9.47 Å². The summed E-state index contributed by atoms with van der Waals surface area (Å²) in [6, 6.07) is 0. The fourth-order valence-electron chi connectivity index (χ4n) is 0.277. The first kappa shape index (κ1) is 16.4. The number of ether oxygens (including phenoxy) is 2. The second-order valence-electron chi connectivity index (χ2n) is 1.12. The van der Waals surface area contributed by atoms with Gasteiger partial charge in [0.2, 0.25) is 0 Å². The number of carbonyl (C=O) groups is 1. The Kier molecular flexibility index (Phi) is 19.1. The monoisotopic (exact) mass is 190 g/mol. The fraction of sp³-hybridized carbons (Fsp3) is 0.800. The molecule has 0 aromatic carbocycles. The van der Waals surface area contributed by atoms with Gasteiger partial charge in [-0.15, -0.1) is 24.8 Å².